The molecule has 0 bridgehead atoms. The highest BCUT2D eigenvalue weighted by Crippen LogP contribution is 2.50. The number of rotatable bonds is 4. The first-order valence-corrected chi connectivity index (χ1v) is 8.96. The molecular formula is C16H23ClN2O2S. The van der Waals surface area contributed by atoms with Gasteiger partial charge in [-0.1, -0.05) is 25.4 Å². The molecule has 1 amide bonds. The van der Waals surface area contributed by atoms with Crippen molar-refractivity contribution in [2.24, 2.45) is 11.3 Å². The van der Waals surface area contributed by atoms with Gasteiger partial charge in [-0.25, -0.2) is 0 Å². The van der Waals surface area contributed by atoms with Gasteiger partial charge in [0.15, 0.2) is 0 Å². The Morgan fingerprint density at radius 1 is 1.50 bits per heavy atom. The lowest BCUT2D eigenvalue weighted by molar-refractivity contribution is -0.148. The van der Waals surface area contributed by atoms with Crippen LogP contribution in [-0.4, -0.2) is 41.1 Å². The molecule has 2 N–H and O–H groups in total. The number of amides is 1. The SMILES string of the molecule is CC(C)C1NC(=O)C12CC(O)C(N(C)Cc1ccc(Cl)s1)C2. The third-order valence-electron chi connectivity index (χ3n) is 5.19. The molecule has 2 fully saturated rings. The van der Waals surface area contributed by atoms with Crippen LogP contribution in [-0.2, 0) is 11.3 Å². The van der Waals surface area contributed by atoms with E-state index in [1.165, 1.54) is 4.88 Å². The summed E-state index contributed by atoms with van der Waals surface area (Å²) in [4.78, 5) is 15.5. The summed E-state index contributed by atoms with van der Waals surface area (Å²) >= 11 is 7.54. The number of carbonyl (C=O) groups is 1. The van der Waals surface area contributed by atoms with Crippen LogP contribution in [0.5, 0.6) is 0 Å². The van der Waals surface area contributed by atoms with Crippen LogP contribution in [0, 0.1) is 11.3 Å². The van der Waals surface area contributed by atoms with Crippen molar-refractivity contribution in [2.45, 2.75) is 51.4 Å². The summed E-state index contributed by atoms with van der Waals surface area (Å²) in [6.07, 6.45) is 0.855. The molecule has 1 saturated carbocycles. The number of carbonyl (C=O) groups excluding carboxylic acids is 1. The largest absolute Gasteiger partial charge is 0.391 e. The molecule has 3 rings (SSSR count). The molecule has 1 aromatic heterocycles. The lowest BCUT2D eigenvalue weighted by Crippen LogP contribution is -2.68. The van der Waals surface area contributed by atoms with Crippen LogP contribution in [0.3, 0.4) is 0 Å². The zero-order valence-corrected chi connectivity index (χ0v) is 14.7. The quantitative estimate of drug-likeness (QED) is 0.827. The van der Waals surface area contributed by atoms with Crippen molar-refractivity contribution in [1.29, 1.82) is 0 Å². The summed E-state index contributed by atoms with van der Waals surface area (Å²) in [5, 5.41) is 13.5. The Hall–Kier alpha value is -0.620. The lowest BCUT2D eigenvalue weighted by Gasteiger charge is -2.49. The summed E-state index contributed by atoms with van der Waals surface area (Å²) in [5.74, 6) is 0.505. The van der Waals surface area contributed by atoms with Crippen LogP contribution in [0.1, 0.15) is 31.6 Å². The fourth-order valence-corrected chi connectivity index (χ4v) is 5.23. The van der Waals surface area contributed by atoms with Gasteiger partial charge in [0.2, 0.25) is 5.91 Å². The van der Waals surface area contributed by atoms with Crippen molar-refractivity contribution < 1.29 is 9.90 Å². The number of aliphatic hydroxyl groups excluding tert-OH is 1. The molecule has 1 saturated heterocycles. The Labute approximate surface area is 140 Å². The van der Waals surface area contributed by atoms with E-state index in [1.54, 1.807) is 11.3 Å². The number of aliphatic hydroxyl groups is 1. The third kappa shape index (κ3) is 2.58. The van der Waals surface area contributed by atoms with E-state index < -0.39 is 6.10 Å². The molecule has 0 aromatic carbocycles. The zero-order chi connectivity index (χ0) is 16.1. The second-order valence-electron chi connectivity index (χ2n) is 7.02. The Kier molecular flexibility index (Phi) is 4.27. The van der Waals surface area contributed by atoms with Crippen molar-refractivity contribution >= 4 is 28.8 Å². The zero-order valence-electron chi connectivity index (χ0n) is 13.2. The molecule has 122 valence electrons. The van der Waals surface area contributed by atoms with Crippen molar-refractivity contribution in [3.8, 4) is 0 Å². The molecule has 22 heavy (non-hydrogen) atoms. The topological polar surface area (TPSA) is 52.6 Å². The van der Waals surface area contributed by atoms with Crippen LogP contribution in [0.25, 0.3) is 0 Å². The van der Waals surface area contributed by atoms with Gasteiger partial charge in [0.1, 0.15) is 0 Å². The summed E-state index contributed by atoms with van der Waals surface area (Å²) in [5.41, 5.74) is -0.375. The Morgan fingerprint density at radius 3 is 2.77 bits per heavy atom. The van der Waals surface area contributed by atoms with Gasteiger partial charge in [0, 0.05) is 23.5 Å². The first-order chi connectivity index (χ1) is 10.3. The molecule has 2 heterocycles. The highest BCUT2D eigenvalue weighted by molar-refractivity contribution is 7.16. The molecule has 0 radical (unpaired) electrons. The maximum Gasteiger partial charge on any atom is 0.228 e. The second kappa shape index (κ2) is 5.78. The second-order valence-corrected chi connectivity index (χ2v) is 8.81. The van der Waals surface area contributed by atoms with Crippen molar-refractivity contribution in [2.75, 3.05) is 7.05 Å². The minimum absolute atomic E-state index is 0.0215. The van der Waals surface area contributed by atoms with Gasteiger partial charge < -0.3 is 10.4 Å². The van der Waals surface area contributed by atoms with Crippen molar-refractivity contribution in [1.82, 2.24) is 10.2 Å². The first kappa shape index (κ1) is 16.2. The Bertz CT molecular complexity index is 576. The number of likely N-dealkylation sites (N-methyl/N-ethyl adjacent to an activating group) is 1. The van der Waals surface area contributed by atoms with E-state index in [0.717, 1.165) is 17.3 Å². The van der Waals surface area contributed by atoms with Gasteiger partial charge in [0.25, 0.3) is 0 Å². The molecule has 1 aliphatic carbocycles. The van der Waals surface area contributed by atoms with Gasteiger partial charge in [-0.05, 0) is 37.9 Å². The molecular weight excluding hydrogens is 320 g/mol. The summed E-state index contributed by atoms with van der Waals surface area (Å²) < 4.78 is 0.782. The summed E-state index contributed by atoms with van der Waals surface area (Å²) in [6.45, 7) is 5.01. The number of thiophene rings is 1. The molecule has 4 nitrogen and oxygen atoms in total. The average molecular weight is 343 g/mol. The van der Waals surface area contributed by atoms with E-state index in [1.807, 2.05) is 19.2 Å². The number of nitrogens with zero attached hydrogens (tertiary/aromatic N) is 1. The van der Waals surface area contributed by atoms with E-state index >= 15 is 0 Å². The number of halogens is 1. The lowest BCUT2D eigenvalue weighted by atomic mass is 9.66. The molecule has 1 spiro atoms. The van der Waals surface area contributed by atoms with Gasteiger partial charge >= 0.3 is 0 Å². The molecule has 1 aromatic rings. The predicted octanol–water partition coefficient (Wildman–Crippen LogP) is 2.50. The van der Waals surface area contributed by atoms with E-state index in [9.17, 15) is 9.90 Å². The smallest absolute Gasteiger partial charge is 0.228 e. The molecule has 4 unspecified atom stereocenters. The van der Waals surface area contributed by atoms with E-state index in [4.69, 9.17) is 11.6 Å². The number of hydrogen-bond acceptors (Lipinski definition) is 4. The standard InChI is InChI=1S/C16H23ClN2O2S/c1-9(2)14-16(15(21)18-14)6-11(12(20)7-16)19(3)8-10-4-5-13(17)22-10/h4-5,9,11-12,14,20H,6-8H2,1-3H3,(H,18,21). The number of nitrogens with one attached hydrogen (secondary N) is 1. The van der Waals surface area contributed by atoms with E-state index in [0.29, 0.717) is 12.3 Å². The number of β-lactam (4-membered cyclic amide) rings is 1. The maximum atomic E-state index is 12.2. The maximum absolute atomic E-state index is 12.2. The highest BCUT2D eigenvalue weighted by atomic mass is 35.5. The van der Waals surface area contributed by atoms with Gasteiger partial charge in [-0.15, -0.1) is 11.3 Å². The summed E-state index contributed by atoms with van der Waals surface area (Å²) in [7, 11) is 2.02. The first-order valence-electron chi connectivity index (χ1n) is 7.77. The molecule has 4 atom stereocenters. The van der Waals surface area contributed by atoms with Crippen LogP contribution >= 0.6 is 22.9 Å². The van der Waals surface area contributed by atoms with E-state index in [2.05, 4.69) is 24.1 Å². The van der Waals surface area contributed by atoms with Gasteiger partial charge in [0.05, 0.1) is 15.9 Å². The molecule has 1 aliphatic heterocycles. The predicted molar refractivity (Wildman–Crippen MR) is 89.0 cm³/mol. The monoisotopic (exact) mass is 342 g/mol. The highest BCUT2D eigenvalue weighted by Gasteiger charge is 2.62. The van der Waals surface area contributed by atoms with Crippen LogP contribution < -0.4 is 5.32 Å². The normalized spacial score (nSPS) is 34.5. The number of hydrogen-bond donors (Lipinski definition) is 2. The van der Waals surface area contributed by atoms with E-state index in [-0.39, 0.29) is 23.4 Å². The van der Waals surface area contributed by atoms with Gasteiger partial charge in [-0.3, -0.25) is 9.69 Å². The minimum atomic E-state index is -0.451. The van der Waals surface area contributed by atoms with Crippen molar-refractivity contribution in [3.63, 3.8) is 0 Å². The molecule has 6 heteroatoms. The summed E-state index contributed by atoms with van der Waals surface area (Å²) in [6, 6.07) is 4.13. The van der Waals surface area contributed by atoms with Crippen molar-refractivity contribution in [3.05, 3.63) is 21.3 Å². The van der Waals surface area contributed by atoms with Crippen LogP contribution in [0.4, 0.5) is 0 Å². The molecule has 2 aliphatic rings. The average Bonchev–Trinajstić information content (AvgIpc) is 3.01. The van der Waals surface area contributed by atoms with Crippen LogP contribution in [0.2, 0.25) is 4.34 Å². The fraction of sp³-hybridized carbons (Fsp3) is 0.688. The van der Waals surface area contributed by atoms with Crippen LogP contribution in [0.15, 0.2) is 12.1 Å². The minimum Gasteiger partial charge on any atom is -0.391 e. The van der Waals surface area contributed by atoms with Gasteiger partial charge in [-0.2, -0.15) is 0 Å². The fourth-order valence-electron chi connectivity index (χ4n) is 4.08. The third-order valence-corrected chi connectivity index (χ3v) is 6.41. The Morgan fingerprint density at radius 2 is 2.23 bits per heavy atom. The Balaban J connectivity index is 1.71.